The molecule has 0 saturated heterocycles. The van der Waals surface area contributed by atoms with Crippen LogP contribution in [-0.2, 0) is 6.54 Å². The van der Waals surface area contributed by atoms with Crippen LogP contribution in [0.3, 0.4) is 0 Å². The van der Waals surface area contributed by atoms with E-state index in [1.165, 1.54) is 29.2 Å². The molecule has 1 aromatic carbocycles. The summed E-state index contributed by atoms with van der Waals surface area (Å²) in [7, 11) is 0. The van der Waals surface area contributed by atoms with E-state index in [4.69, 9.17) is 0 Å². The van der Waals surface area contributed by atoms with E-state index in [-0.39, 0.29) is 11.6 Å². The molecule has 30 heavy (non-hydrogen) atoms. The van der Waals surface area contributed by atoms with Gasteiger partial charge in [0.25, 0.3) is 5.91 Å². The van der Waals surface area contributed by atoms with Crippen molar-refractivity contribution >= 4 is 5.91 Å². The second kappa shape index (κ2) is 8.64. The number of pyridine rings is 1. The zero-order chi connectivity index (χ0) is 20.9. The van der Waals surface area contributed by atoms with E-state index in [0.29, 0.717) is 23.4 Å². The lowest BCUT2D eigenvalue weighted by atomic mass is 10.2. The molecular formula is C21H18F2N6O. The van der Waals surface area contributed by atoms with Gasteiger partial charge >= 0.3 is 0 Å². The van der Waals surface area contributed by atoms with E-state index < -0.39 is 11.6 Å². The summed E-state index contributed by atoms with van der Waals surface area (Å²) in [6.45, 7) is 1.31. The Morgan fingerprint density at radius 1 is 1.13 bits per heavy atom. The van der Waals surface area contributed by atoms with E-state index >= 15 is 0 Å². The average Bonchev–Trinajstić information content (AvgIpc) is 3.43. The van der Waals surface area contributed by atoms with Crippen LogP contribution in [0.25, 0.3) is 16.9 Å². The Morgan fingerprint density at radius 2 is 2.03 bits per heavy atom. The van der Waals surface area contributed by atoms with Gasteiger partial charge in [0.15, 0.2) is 5.82 Å². The van der Waals surface area contributed by atoms with E-state index in [2.05, 4.69) is 20.4 Å². The van der Waals surface area contributed by atoms with Gasteiger partial charge in [-0.05, 0) is 30.7 Å². The van der Waals surface area contributed by atoms with E-state index in [0.717, 1.165) is 19.0 Å². The average molecular weight is 408 g/mol. The molecule has 0 aliphatic carbocycles. The number of nitrogens with zero attached hydrogens (tertiary/aromatic N) is 5. The van der Waals surface area contributed by atoms with Gasteiger partial charge < -0.3 is 9.88 Å². The summed E-state index contributed by atoms with van der Waals surface area (Å²) in [5.74, 6) is -1.57. The summed E-state index contributed by atoms with van der Waals surface area (Å²) in [5, 5.41) is 6.97. The largest absolute Gasteiger partial charge is 0.352 e. The third-order valence-electron chi connectivity index (χ3n) is 4.50. The molecule has 0 atom stereocenters. The molecule has 4 rings (SSSR count). The number of hydrogen-bond acceptors (Lipinski definition) is 4. The standard InChI is InChI=1S/C21H18F2N6O/c22-17-3-5-20(18(23)10-17)29-13-16(12-27-29)19-4-2-15(11-26-19)21(30)25-6-1-8-28-9-7-24-14-28/h2-5,7,9-14H,1,6,8H2,(H,25,30). The van der Waals surface area contributed by atoms with Crippen LogP contribution in [0.5, 0.6) is 0 Å². The summed E-state index contributed by atoms with van der Waals surface area (Å²) < 4.78 is 30.3. The van der Waals surface area contributed by atoms with Gasteiger partial charge in [0, 0.05) is 49.5 Å². The molecule has 0 aliphatic heterocycles. The lowest BCUT2D eigenvalue weighted by molar-refractivity contribution is 0.0952. The highest BCUT2D eigenvalue weighted by atomic mass is 19.1. The number of halogens is 2. The summed E-state index contributed by atoms with van der Waals surface area (Å²) in [6, 6.07) is 6.65. The van der Waals surface area contributed by atoms with Gasteiger partial charge in [-0.3, -0.25) is 9.78 Å². The van der Waals surface area contributed by atoms with Crippen molar-refractivity contribution in [2.75, 3.05) is 6.54 Å². The molecule has 7 nitrogen and oxygen atoms in total. The van der Waals surface area contributed by atoms with Gasteiger partial charge in [-0.1, -0.05) is 0 Å². The number of hydrogen-bond donors (Lipinski definition) is 1. The van der Waals surface area contributed by atoms with Gasteiger partial charge in [-0.2, -0.15) is 5.10 Å². The molecule has 0 spiro atoms. The molecule has 1 N–H and O–H groups in total. The van der Waals surface area contributed by atoms with Crippen LogP contribution >= 0.6 is 0 Å². The maximum absolute atomic E-state index is 13.9. The molecule has 0 saturated carbocycles. The molecule has 152 valence electrons. The van der Waals surface area contributed by atoms with Crippen molar-refractivity contribution in [2.24, 2.45) is 0 Å². The molecule has 1 amide bonds. The predicted octanol–water partition coefficient (Wildman–Crippen LogP) is 3.23. The first-order chi connectivity index (χ1) is 14.6. The topological polar surface area (TPSA) is 77.6 Å². The first-order valence-electron chi connectivity index (χ1n) is 9.30. The van der Waals surface area contributed by atoms with Crippen molar-refractivity contribution < 1.29 is 13.6 Å². The maximum atomic E-state index is 13.9. The van der Waals surface area contributed by atoms with Crippen LogP contribution in [-0.4, -0.2) is 36.8 Å². The van der Waals surface area contributed by atoms with E-state index in [9.17, 15) is 13.6 Å². The Labute approximate surface area is 171 Å². The number of carbonyl (C=O) groups excluding carboxylic acids is 1. The zero-order valence-corrected chi connectivity index (χ0v) is 15.9. The molecule has 3 heterocycles. The third-order valence-corrected chi connectivity index (χ3v) is 4.50. The van der Waals surface area contributed by atoms with Crippen LogP contribution in [0, 0.1) is 11.6 Å². The number of benzene rings is 1. The Morgan fingerprint density at radius 3 is 2.77 bits per heavy atom. The summed E-state index contributed by atoms with van der Waals surface area (Å²) in [4.78, 5) is 20.5. The minimum absolute atomic E-state index is 0.134. The second-order valence-electron chi connectivity index (χ2n) is 6.61. The Hall–Kier alpha value is -3.88. The fourth-order valence-corrected chi connectivity index (χ4v) is 2.94. The number of aryl methyl sites for hydroxylation is 1. The highest BCUT2D eigenvalue weighted by molar-refractivity contribution is 5.94. The van der Waals surface area contributed by atoms with Crippen LogP contribution in [0.4, 0.5) is 8.78 Å². The number of carbonyl (C=O) groups is 1. The molecular weight excluding hydrogens is 390 g/mol. The van der Waals surface area contributed by atoms with Crippen LogP contribution in [0.2, 0.25) is 0 Å². The summed E-state index contributed by atoms with van der Waals surface area (Å²) in [5.41, 5.74) is 1.80. The van der Waals surface area contributed by atoms with Gasteiger partial charge in [0.2, 0.25) is 0 Å². The third kappa shape index (κ3) is 4.40. The van der Waals surface area contributed by atoms with Crippen molar-refractivity contribution in [1.82, 2.24) is 29.6 Å². The molecule has 0 bridgehead atoms. The minimum Gasteiger partial charge on any atom is -0.352 e. The predicted molar refractivity (Wildman–Crippen MR) is 106 cm³/mol. The van der Waals surface area contributed by atoms with E-state index in [1.54, 1.807) is 30.9 Å². The Bertz CT molecular complexity index is 1140. The molecule has 9 heteroatoms. The summed E-state index contributed by atoms with van der Waals surface area (Å²) >= 11 is 0. The highest BCUT2D eigenvalue weighted by Gasteiger charge is 2.11. The van der Waals surface area contributed by atoms with Crippen LogP contribution in [0.1, 0.15) is 16.8 Å². The van der Waals surface area contributed by atoms with Crippen molar-refractivity contribution in [3.8, 4) is 16.9 Å². The van der Waals surface area contributed by atoms with E-state index in [1.807, 2.05) is 10.8 Å². The summed E-state index contributed by atoms with van der Waals surface area (Å²) in [6.07, 6.45) is 10.7. The zero-order valence-electron chi connectivity index (χ0n) is 15.9. The van der Waals surface area contributed by atoms with Crippen molar-refractivity contribution in [2.45, 2.75) is 13.0 Å². The van der Waals surface area contributed by atoms with Crippen molar-refractivity contribution in [3.05, 3.63) is 84.8 Å². The molecule has 0 radical (unpaired) electrons. The highest BCUT2D eigenvalue weighted by Crippen LogP contribution is 2.20. The monoisotopic (exact) mass is 408 g/mol. The van der Waals surface area contributed by atoms with Gasteiger partial charge in [-0.25, -0.2) is 18.4 Å². The number of amides is 1. The fraction of sp³-hybridized carbons (Fsp3) is 0.143. The lowest BCUT2D eigenvalue weighted by Crippen LogP contribution is -2.25. The smallest absolute Gasteiger partial charge is 0.252 e. The SMILES string of the molecule is O=C(NCCCn1ccnc1)c1ccc(-c2cnn(-c3ccc(F)cc3F)c2)nc1. The van der Waals surface area contributed by atoms with Gasteiger partial charge in [0.1, 0.15) is 11.5 Å². The first kappa shape index (κ1) is 19.4. The van der Waals surface area contributed by atoms with Crippen molar-refractivity contribution in [3.63, 3.8) is 0 Å². The Kier molecular flexibility index (Phi) is 5.60. The quantitative estimate of drug-likeness (QED) is 0.477. The number of nitrogens with one attached hydrogen (secondary N) is 1. The van der Waals surface area contributed by atoms with Crippen molar-refractivity contribution in [1.29, 1.82) is 0 Å². The molecule has 3 aromatic heterocycles. The van der Waals surface area contributed by atoms with Gasteiger partial charge in [-0.15, -0.1) is 0 Å². The first-order valence-corrected chi connectivity index (χ1v) is 9.30. The van der Waals surface area contributed by atoms with Crippen LogP contribution in [0.15, 0.2) is 67.6 Å². The minimum atomic E-state index is -0.710. The lowest BCUT2D eigenvalue weighted by Gasteiger charge is -2.06. The molecule has 0 fully saturated rings. The number of aromatic nitrogens is 5. The normalized spacial score (nSPS) is 10.9. The molecule has 4 aromatic rings. The molecule has 0 unspecified atom stereocenters. The molecule has 0 aliphatic rings. The fourth-order valence-electron chi connectivity index (χ4n) is 2.94. The Balaban J connectivity index is 1.37. The second-order valence-corrected chi connectivity index (χ2v) is 6.61. The maximum Gasteiger partial charge on any atom is 0.252 e. The van der Waals surface area contributed by atoms with Gasteiger partial charge in [0.05, 0.1) is 23.8 Å². The van der Waals surface area contributed by atoms with Crippen LogP contribution < -0.4 is 5.32 Å². The number of rotatable bonds is 7. The number of imidazole rings is 1.